The van der Waals surface area contributed by atoms with E-state index in [1.165, 1.54) is 13.2 Å². The molecule has 0 fully saturated rings. The number of carbonyl (C=O) groups excluding carboxylic acids is 2. The van der Waals surface area contributed by atoms with Gasteiger partial charge in [0, 0.05) is 17.7 Å². The monoisotopic (exact) mass is 344 g/mol. The molecule has 132 valence electrons. The van der Waals surface area contributed by atoms with E-state index in [0.717, 1.165) is 0 Å². The van der Waals surface area contributed by atoms with Gasteiger partial charge in [-0.1, -0.05) is 0 Å². The molecular weight excluding hydrogens is 324 g/mol. The van der Waals surface area contributed by atoms with Crippen molar-refractivity contribution in [3.63, 3.8) is 0 Å². The van der Waals surface area contributed by atoms with Crippen molar-refractivity contribution in [3.8, 4) is 11.5 Å². The van der Waals surface area contributed by atoms with Gasteiger partial charge in [-0.3, -0.25) is 20.4 Å². The Morgan fingerprint density at radius 2 is 1.84 bits per heavy atom. The van der Waals surface area contributed by atoms with E-state index >= 15 is 0 Å². The van der Waals surface area contributed by atoms with Gasteiger partial charge in [0.15, 0.2) is 0 Å². The third kappa shape index (κ3) is 4.63. The van der Waals surface area contributed by atoms with E-state index in [4.69, 9.17) is 13.9 Å². The van der Waals surface area contributed by atoms with Crippen LogP contribution >= 0.6 is 0 Å². The molecule has 2 amide bonds. The average Bonchev–Trinajstić information content (AvgIpc) is 2.95. The third-order valence-electron chi connectivity index (χ3n) is 3.44. The Kier molecular flexibility index (Phi) is 5.84. The van der Waals surface area contributed by atoms with Crippen LogP contribution in [0.1, 0.15) is 27.4 Å². The molecule has 0 unspecified atom stereocenters. The molecule has 1 aromatic heterocycles. The fraction of sp³-hybridized carbons (Fsp3) is 0.222. The lowest BCUT2D eigenvalue weighted by Crippen LogP contribution is -2.40. The van der Waals surface area contributed by atoms with Crippen LogP contribution in [0, 0.1) is 13.8 Å². The average molecular weight is 344 g/mol. The molecule has 1 aromatic carbocycles. The number of nitrogens with one attached hydrogen (secondary N) is 2. The first-order valence-corrected chi connectivity index (χ1v) is 7.52. The molecule has 0 bridgehead atoms. The largest absolute Gasteiger partial charge is 0.497 e. The van der Waals surface area contributed by atoms with Crippen molar-refractivity contribution >= 4 is 17.9 Å². The molecule has 7 heteroatoms. The van der Waals surface area contributed by atoms with Gasteiger partial charge < -0.3 is 13.9 Å². The van der Waals surface area contributed by atoms with Crippen LogP contribution in [0.15, 0.2) is 34.8 Å². The summed E-state index contributed by atoms with van der Waals surface area (Å²) in [6.45, 7) is 3.42. The summed E-state index contributed by atoms with van der Waals surface area (Å²) in [5.41, 5.74) is 5.72. The number of carbonyl (C=O) groups is 2. The molecule has 0 saturated heterocycles. The standard InChI is InChI=1S/C18H20N2O5/c1-11-9-15(12(2)25-11)18(22)20-19-17(21)8-6-13-5-7-14(23-3)10-16(13)24-4/h5-10H,1-4H3,(H,19,21)(H,20,22)/b8-6+. The normalized spacial score (nSPS) is 10.6. The zero-order valence-corrected chi connectivity index (χ0v) is 14.5. The zero-order chi connectivity index (χ0) is 18.4. The van der Waals surface area contributed by atoms with Crippen LogP contribution < -0.4 is 20.3 Å². The lowest BCUT2D eigenvalue weighted by atomic mass is 10.1. The van der Waals surface area contributed by atoms with Gasteiger partial charge in [0.25, 0.3) is 11.8 Å². The number of furan rings is 1. The molecule has 0 aliphatic heterocycles. The topological polar surface area (TPSA) is 89.8 Å². The predicted octanol–water partition coefficient (Wildman–Crippen LogP) is 2.39. The Bertz CT molecular complexity index is 808. The van der Waals surface area contributed by atoms with Crippen molar-refractivity contribution in [2.75, 3.05) is 14.2 Å². The lowest BCUT2D eigenvalue weighted by molar-refractivity contribution is -0.117. The number of rotatable bonds is 5. The summed E-state index contributed by atoms with van der Waals surface area (Å²) >= 11 is 0. The zero-order valence-electron chi connectivity index (χ0n) is 14.5. The number of aryl methyl sites for hydroxylation is 2. The van der Waals surface area contributed by atoms with Gasteiger partial charge in [-0.2, -0.15) is 0 Å². The molecule has 2 N–H and O–H groups in total. The molecule has 0 atom stereocenters. The summed E-state index contributed by atoms with van der Waals surface area (Å²) in [7, 11) is 3.09. The maximum absolute atomic E-state index is 12.0. The molecule has 0 radical (unpaired) electrons. The van der Waals surface area contributed by atoms with Crippen LogP contribution in [0.25, 0.3) is 6.08 Å². The van der Waals surface area contributed by atoms with E-state index in [1.807, 2.05) is 0 Å². The smallest absolute Gasteiger partial charge is 0.273 e. The molecule has 1 heterocycles. The van der Waals surface area contributed by atoms with Gasteiger partial charge in [-0.05, 0) is 38.1 Å². The van der Waals surface area contributed by atoms with Crippen molar-refractivity contribution in [1.82, 2.24) is 10.9 Å². The van der Waals surface area contributed by atoms with Crippen LogP contribution in [-0.4, -0.2) is 26.0 Å². The number of ether oxygens (including phenoxy) is 2. The molecule has 0 spiro atoms. The molecule has 7 nitrogen and oxygen atoms in total. The number of hydrogen-bond donors (Lipinski definition) is 2. The molecule has 0 aliphatic rings. The van der Waals surface area contributed by atoms with E-state index in [-0.39, 0.29) is 0 Å². The number of hydrazine groups is 1. The second kappa shape index (κ2) is 8.05. The fourth-order valence-corrected chi connectivity index (χ4v) is 2.21. The fourth-order valence-electron chi connectivity index (χ4n) is 2.21. The maximum Gasteiger partial charge on any atom is 0.273 e. The summed E-state index contributed by atoms with van der Waals surface area (Å²) in [5, 5.41) is 0. The Labute approximate surface area is 145 Å². The molecular formula is C18H20N2O5. The van der Waals surface area contributed by atoms with Gasteiger partial charge in [0.2, 0.25) is 0 Å². The first-order valence-electron chi connectivity index (χ1n) is 7.52. The van der Waals surface area contributed by atoms with Gasteiger partial charge in [-0.15, -0.1) is 0 Å². The highest BCUT2D eigenvalue weighted by molar-refractivity contribution is 5.98. The molecule has 0 aliphatic carbocycles. The van der Waals surface area contributed by atoms with Crippen LogP contribution in [0.5, 0.6) is 11.5 Å². The molecule has 0 saturated carbocycles. The SMILES string of the molecule is COc1ccc(/C=C/C(=O)NNC(=O)c2cc(C)oc2C)c(OC)c1. The van der Waals surface area contributed by atoms with E-state index in [0.29, 0.717) is 34.1 Å². The second-order valence-corrected chi connectivity index (χ2v) is 5.21. The van der Waals surface area contributed by atoms with Crippen LogP contribution in [-0.2, 0) is 4.79 Å². The van der Waals surface area contributed by atoms with Crippen molar-refractivity contribution in [3.05, 3.63) is 53.0 Å². The minimum absolute atomic E-state index is 0.374. The minimum Gasteiger partial charge on any atom is -0.497 e. The van der Waals surface area contributed by atoms with E-state index in [1.54, 1.807) is 51.3 Å². The Hall–Kier alpha value is -3.22. The van der Waals surface area contributed by atoms with E-state index < -0.39 is 11.8 Å². The number of benzene rings is 1. The summed E-state index contributed by atoms with van der Waals surface area (Å²) in [4.78, 5) is 23.8. The quantitative estimate of drug-likeness (QED) is 0.642. The minimum atomic E-state index is -0.482. The van der Waals surface area contributed by atoms with Crippen LogP contribution in [0.2, 0.25) is 0 Å². The molecule has 25 heavy (non-hydrogen) atoms. The molecule has 2 aromatic rings. The first kappa shape index (κ1) is 18.1. The van der Waals surface area contributed by atoms with Gasteiger partial charge in [-0.25, -0.2) is 0 Å². The number of amides is 2. The summed E-state index contributed by atoms with van der Waals surface area (Å²) < 4.78 is 15.6. The maximum atomic E-state index is 12.0. The summed E-state index contributed by atoms with van der Waals surface area (Å²) in [5.74, 6) is 1.40. The number of methoxy groups -OCH3 is 2. The van der Waals surface area contributed by atoms with Gasteiger partial charge >= 0.3 is 0 Å². The second-order valence-electron chi connectivity index (χ2n) is 5.21. The highest BCUT2D eigenvalue weighted by Gasteiger charge is 2.13. The predicted molar refractivity (Wildman–Crippen MR) is 92.4 cm³/mol. The Balaban J connectivity index is 1.97. The highest BCUT2D eigenvalue weighted by atomic mass is 16.5. The van der Waals surface area contributed by atoms with E-state index in [9.17, 15) is 9.59 Å². The first-order chi connectivity index (χ1) is 11.9. The van der Waals surface area contributed by atoms with E-state index in [2.05, 4.69) is 10.9 Å². The Morgan fingerprint density at radius 3 is 2.44 bits per heavy atom. The lowest BCUT2D eigenvalue weighted by Gasteiger charge is -2.07. The van der Waals surface area contributed by atoms with Gasteiger partial charge in [0.05, 0.1) is 19.8 Å². The van der Waals surface area contributed by atoms with Crippen molar-refractivity contribution in [2.45, 2.75) is 13.8 Å². The third-order valence-corrected chi connectivity index (χ3v) is 3.44. The van der Waals surface area contributed by atoms with Gasteiger partial charge in [0.1, 0.15) is 23.0 Å². The van der Waals surface area contributed by atoms with Crippen LogP contribution in [0.3, 0.4) is 0 Å². The molecule has 2 rings (SSSR count). The van der Waals surface area contributed by atoms with Crippen molar-refractivity contribution in [2.24, 2.45) is 0 Å². The number of hydrogen-bond acceptors (Lipinski definition) is 5. The summed E-state index contributed by atoms with van der Waals surface area (Å²) in [6, 6.07) is 6.84. The van der Waals surface area contributed by atoms with Crippen molar-refractivity contribution in [1.29, 1.82) is 0 Å². The summed E-state index contributed by atoms with van der Waals surface area (Å²) in [6.07, 6.45) is 2.87. The Morgan fingerprint density at radius 1 is 1.08 bits per heavy atom. The van der Waals surface area contributed by atoms with Crippen molar-refractivity contribution < 1.29 is 23.5 Å². The highest BCUT2D eigenvalue weighted by Crippen LogP contribution is 2.25. The van der Waals surface area contributed by atoms with Crippen LogP contribution in [0.4, 0.5) is 0 Å².